The summed E-state index contributed by atoms with van der Waals surface area (Å²) in [6, 6.07) is 0. The van der Waals surface area contributed by atoms with Crippen molar-refractivity contribution in [1.29, 1.82) is 0 Å². The van der Waals surface area contributed by atoms with E-state index in [0.717, 1.165) is 0 Å². The zero-order valence-corrected chi connectivity index (χ0v) is 8.91. The molecule has 0 radical (unpaired) electrons. The lowest BCUT2D eigenvalue weighted by atomic mass is 9.68. The Kier molecular flexibility index (Phi) is 2.18. The first-order chi connectivity index (χ1) is 7.47. The van der Waals surface area contributed by atoms with Crippen LogP contribution in [0.1, 0.15) is 25.7 Å². The molecule has 1 aliphatic heterocycles. The van der Waals surface area contributed by atoms with Crippen LogP contribution in [-0.2, 0) is 14.4 Å². The molecular weight excluding hydrogens is 210 g/mol. The second kappa shape index (κ2) is 3.20. The summed E-state index contributed by atoms with van der Waals surface area (Å²) in [6.07, 6.45) is 1.81. The van der Waals surface area contributed by atoms with Crippen molar-refractivity contribution in [2.24, 2.45) is 22.3 Å². The molecular formula is C10H15N3O3. The molecule has 6 heteroatoms. The van der Waals surface area contributed by atoms with Gasteiger partial charge in [0.15, 0.2) is 0 Å². The van der Waals surface area contributed by atoms with Crippen molar-refractivity contribution >= 4 is 17.7 Å². The zero-order valence-electron chi connectivity index (χ0n) is 8.91. The Morgan fingerprint density at radius 3 is 2.12 bits per heavy atom. The van der Waals surface area contributed by atoms with Gasteiger partial charge in [0.05, 0.1) is 5.41 Å². The fraction of sp³-hybridized carbons (Fsp3) is 0.700. The van der Waals surface area contributed by atoms with Gasteiger partial charge in [-0.25, -0.2) is 0 Å². The highest BCUT2D eigenvalue weighted by atomic mass is 16.2. The summed E-state index contributed by atoms with van der Waals surface area (Å²) in [5.41, 5.74) is 8.20. The third-order valence-corrected chi connectivity index (χ3v) is 3.86. The Morgan fingerprint density at radius 2 is 1.69 bits per heavy atom. The lowest BCUT2D eigenvalue weighted by Gasteiger charge is -2.32. The largest absolute Gasteiger partial charge is 0.369 e. The maximum absolute atomic E-state index is 11.9. The number of nitrogens with one attached hydrogen (secondary N) is 1. The number of carbonyl (C=O) groups excluding carboxylic acids is 3. The third kappa shape index (κ3) is 1.10. The van der Waals surface area contributed by atoms with Crippen LogP contribution in [0.3, 0.4) is 0 Å². The molecule has 2 rings (SSSR count). The van der Waals surface area contributed by atoms with Gasteiger partial charge in [-0.3, -0.25) is 14.4 Å². The maximum Gasteiger partial charge on any atom is 0.234 e. The van der Waals surface area contributed by atoms with E-state index in [9.17, 15) is 14.4 Å². The average Bonchev–Trinajstić information content (AvgIpc) is 2.98. The normalized spacial score (nSPS) is 25.6. The second-order valence-electron chi connectivity index (χ2n) is 4.58. The van der Waals surface area contributed by atoms with Gasteiger partial charge in [-0.2, -0.15) is 0 Å². The van der Waals surface area contributed by atoms with E-state index in [4.69, 9.17) is 11.5 Å². The van der Waals surface area contributed by atoms with E-state index < -0.39 is 22.6 Å². The van der Waals surface area contributed by atoms with E-state index in [1.165, 1.54) is 0 Å². The minimum atomic E-state index is -1.49. The molecule has 16 heavy (non-hydrogen) atoms. The van der Waals surface area contributed by atoms with Gasteiger partial charge in [0.1, 0.15) is 5.41 Å². The van der Waals surface area contributed by atoms with Gasteiger partial charge < -0.3 is 16.8 Å². The molecule has 1 heterocycles. The number of hydrogen-bond acceptors (Lipinski definition) is 3. The molecule has 88 valence electrons. The third-order valence-electron chi connectivity index (χ3n) is 3.86. The SMILES string of the molecule is NC(=O)C1(C(N)=O)CCCNC(=O)C12CC2. The molecule has 0 bridgehead atoms. The van der Waals surface area contributed by atoms with Crippen molar-refractivity contribution in [2.45, 2.75) is 25.7 Å². The van der Waals surface area contributed by atoms with E-state index in [1.807, 2.05) is 0 Å². The summed E-state index contributed by atoms with van der Waals surface area (Å²) in [5, 5.41) is 2.71. The number of amides is 3. The topological polar surface area (TPSA) is 115 Å². The molecule has 0 aromatic heterocycles. The van der Waals surface area contributed by atoms with Crippen LogP contribution in [0.5, 0.6) is 0 Å². The van der Waals surface area contributed by atoms with Gasteiger partial charge in [-0.15, -0.1) is 0 Å². The Balaban J connectivity index is 2.53. The summed E-state index contributed by atoms with van der Waals surface area (Å²) < 4.78 is 0. The fourth-order valence-electron chi connectivity index (χ4n) is 2.78. The summed E-state index contributed by atoms with van der Waals surface area (Å²) >= 11 is 0. The van der Waals surface area contributed by atoms with E-state index >= 15 is 0 Å². The molecule has 0 aromatic carbocycles. The number of rotatable bonds is 2. The Hall–Kier alpha value is -1.59. The summed E-state index contributed by atoms with van der Waals surface area (Å²) in [7, 11) is 0. The van der Waals surface area contributed by atoms with Crippen LogP contribution in [0.25, 0.3) is 0 Å². The minimum absolute atomic E-state index is 0.260. The van der Waals surface area contributed by atoms with Crippen molar-refractivity contribution in [2.75, 3.05) is 6.54 Å². The van der Waals surface area contributed by atoms with Crippen LogP contribution >= 0.6 is 0 Å². The van der Waals surface area contributed by atoms with E-state index in [-0.39, 0.29) is 12.3 Å². The van der Waals surface area contributed by atoms with Gasteiger partial charge in [0.2, 0.25) is 17.7 Å². The molecule has 3 amide bonds. The summed E-state index contributed by atoms with van der Waals surface area (Å²) in [5.74, 6) is -1.80. The van der Waals surface area contributed by atoms with E-state index in [0.29, 0.717) is 25.8 Å². The Morgan fingerprint density at radius 1 is 1.12 bits per heavy atom. The molecule has 0 atom stereocenters. The fourth-order valence-corrected chi connectivity index (χ4v) is 2.78. The van der Waals surface area contributed by atoms with Crippen molar-refractivity contribution in [3.05, 3.63) is 0 Å². The van der Waals surface area contributed by atoms with Crippen LogP contribution in [0.2, 0.25) is 0 Å². The first kappa shape index (κ1) is 10.9. The molecule has 1 spiro atoms. The van der Waals surface area contributed by atoms with Gasteiger partial charge in [0.25, 0.3) is 0 Å². The van der Waals surface area contributed by atoms with Gasteiger partial charge >= 0.3 is 0 Å². The molecule has 2 fully saturated rings. The molecule has 5 N–H and O–H groups in total. The molecule has 2 aliphatic rings. The van der Waals surface area contributed by atoms with Crippen molar-refractivity contribution in [1.82, 2.24) is 5.32 Å². The Labute approximate surface area is 92.7 Å². The smallest absolute Gasteiger partial charge is 0.234 e. The van der Waals surface area contributed by atoms with Gasteiger partial charge in [-0.05, 0) is 25.7 Å². The van der Waals surface area contributed by atoms with Crippen LogP contribution in [0.4, 0.5) is 0 Å². The first-order valence-corrected chi connectivity index (χ1v) is 5.35. The van der Waals surface area contributed by atoms with Crippen LogP contribution in [-0.4, -0.2) is 24.3 Å². The number of hydrogen-bond donors (Lipinski definition) is 3. The molecule has 6 nitrogen and oxygen atoms in total. The second-order valence-corrected chi connectivity index (χ2v) is 4.58. The highest BCUT2D eigenvalue weighted by Gasteiger charge is 2.70. The Bertz CT molecular complexity index is 360. The average molecular weight is 225 g/mol. The molecule has 1 saturated carbocycles. The predicted molar refractivity (Wildman–Crippen MR) is 54.7 cm³/mol. The van der Waals surface area contributed by atoms with Crippen LogP contribution in [0, 0.1) is 10.8 Å². The van der Waals surface area contributed by atoms with E-state index in [2.05, 4.69) is 5.32 Å². The first-order valence-electron chi connectivity index (χ1n) is 5.35. The van der Waals surface area contributed by atoms with E-state index in [1.54, 1.807) is 0 Å². The number of nitrogens with two attached hydrogens (primary N) is 2. The van der Waals surface area contributed by atoms with Crippen LogP contribution < -0.4 is 16.8 Å². The molecule has 0 aromatic rings. The highest BCUT2D eigenvalue weighted by Crippen LogP contribution is 2.61. The summed E-state index contributed by atoms with van der Waals surface area (Å²) in [4.78, 5) is 35.1. The van der Waals surface area contributed by atoms with Crippen molar-refractivity contribution < 1.29 is 14.4 Å². The van der Waals surface area contributed by atoms with Crippen molar-refractivity contribution in [3.8, 4) is 0 Å². The quantitative estimate of drug-likeness (QED) is 0.504. The molecule has 1 saturated heterocycles. The lowest BCUT2D eigenvalue weighted by molar-refractivity contribution is -0.151. The monoisotopic (exact) mass is 225 g/mol. The zero-order chi connectivity index (χ0) is 12.0. The number of carbonyl (C=O) groups is 3. The lowest BCUT2D eigenvalue weighted by Crippen LogP contribution is -2.56. The predicted octanol–water partition coefficient (Wildman–Crippen LogP) is -1.37. The van der Waals surface area contributed by atoms with Gasteiger partial charge in [-0.1, -0.05) is 0 Å². The molecule has 1 aliphatic carbocycles. The standard InChI is InChI=1S/C10H15N3O3/c11-6(14)10(7(12)15)2-1-5-13-8(16)9(10)3-4-9/h1-5H2,(H2,11,14)(H2,12,15)(H,13,16). The molecule has 0 unspecified atom stereocenters. The van der Waals surface area contributed by atoms with Crippen LogP contribution in [0.15, 0.2) is 0 Å². The van der Waals surface area contributed by atoms with Gasteiger partial charge in [0, 0.05) is 6.54 Å². The number of primary amides is 2. The van der Waals surface area contributed by atoms with Crippen molar-refractivity contribution in [3.63, 3.8) is 0 Å². The maximum atomic E-state index is 11.9. The minimum Gasteiger partial charge on any atom is -0.369 e. The highest BCUT2D eigenvalue weighted by molar-refractivity contribution is 6.10. The summed E-state index contributed by atoms with van der Waals surface area (Å²) in [6.45, 7) is 0.461.